The van der Waals surface area contributed by atoms with Crippen LogP contribution in [0.3, 0.4) is 0 Å². The van der Waals surface area contributed by atoms with Crippen molar-refractivity contribution in [1.82, 2.24) is 19.9 Å². The Bertz CT molecular complexity index is 2290. The number of nitrogens with zero attached hydrogens (tertiary/aromatic N) is 2. The Morgan fingerprint density at radius 2 is 1.00 bits per heavy atom. The summed E-state index contributed by atoms with van der Waals surface area (Å²) in [6.07, 6.45) is 9.86. The van der Waals surface area contributed by atoms with Crippen molar-refractivity contribution in [3.8, 4) is 22.3 Å². The van der Waals surface area contributed by atoms with Crippen LogP contribution in [0.5, 0.6) is 0 Å². The highest BCUT2D eigenvalue weighted by Gasteiger charge is 2.31. The summed E-state index contributed by atoms with van der Waals surface area (Å²) in [5, 5.41) is 0. The van der Waals surface area contributed by atoms with Crippen LogP contribution >= 0.6 is 0 Å². The Balaban J connectivity index is 1.56. The zero-order valence-corrected chi connectivity index (χ0v) is 26.3. The van der Waals surface area contributed by atoms with Crippen molar-refractivity contribution in [3.05, 3.63) is 137 Å². The summed E-state index contributed by atoms with van der Waals surface area (Å²) in [6.45, 7) is 3.66. The first-order valence-electron chi connectivity index (χ1n) is 15.8. The number of carbonyl (C=O) groups excluding carboxylic acids is 2. The molecule has 0 saturated heterocycles. The first kappa shape index (κ1) is 29.1. The normalized spacial score (nSPS) is 14.0. The van der Waals surface area contributed by atoms with Gasteiger partial charge < -0.3 is 14.7 Å². The van der Waals surface area contributed by atoms with Crippen LogP contribution in [0.2, 0.25) is 0 Å². The van der Waals surface area contributed by atoms with Crippen LogP contribution in [-0.4, -0.2) is 37.6 Å². The number of hydrogen-bond donors (Lipinski definition) is 2. The Labute approximate surface area is 276 Å². The van der Waals surface area contributed by atoms with E-state index in [0.29, 0.717) is 28.3 Å². The molecule has 0 amide bonds. The van der Waals surface area contributed by atoms with Gasteiger partial charge in [-0.1, -0.05) is 60.7 Å². The van der Waals surface area contributed by atoms with Crippen molar-refractivity contribution in [2.24, 2.45) is 0 Å². The first-order chi connectivity index (χ1) is 23.4. The molecule has 0 saturated carbocycles. The van der Waals surface area contributed by atoms with E-state index in [9.17, 15) is 9.59 Å². The highest BCUT2D eigenvalue weighted by atomic mass is 16.5. The molecule has 0 radical (unpaired) electrons. The summed E-state index contributed by atoms with van der Waals surface area (Å²) < 4.78 is 6.05. The van der Waals surface area contributed by atoms with Gasteiger partial charge in [0, 0.05) is 38.8 Å². The molecule has 5 aromatic rings. The van der Waals surface area contributed by atoms with Crippen LogP contribution in [0, 0.1) is 0 Å². The lowest BCUT2D eigenvalue weighted by molar-refractivity contribution is -0.117. The number of fused-ring (bicyclic) bond motifs is 8. The predicted molar refractivity (Wildman–Crippen MR) is 192 cm³/mol. The number of hydrogen-bond acceptors (Lipinski definition) is 5. The molecule has 0 fully saturated rings. The van der Waals surface area contributed by atoms with Crippen molar-refractivity contribution in [2.45, 2.75) is 20.0 Å². The zero-order valence-electron chi connectivity index (χ0n) is 26.3. The second-order valence-corrected chi connectivity index (χ2v) is 12.0. The fourth-order valence-electron chi connectivity index (χ4n) is 6.35. The second kappa shape index (κ2) is 11.8. The molecular formula is C41H30N4O3. The van der Waals surface area contributed by atoms with Crippen LogP contribution in [-0.2, 0) is 14.3 Å². The fraction of sp³-hybridized carbons (Fsp3) is 0.0732. The van der Waals surface area contributed by atoms with Gasteiger partial charge in [-0.2, -0.15) is 0 Å². The van der Waals surface area contributed by atoms with Gasteiger partial charge in [0.05, 0.1) is 34.5 Å². The molecule has 5 heterocycles. The summed E-state index contributed by atoms with van der Waals surface area (Å²) in [7, 11) is 0. The SMILES string of the molecule is CC(C)OC1=C(c2c3nc(c(-c4ccccc4)c4ccc(cc5ccc([nH]5)c(-c5ccccc5)c5nc2C=C5)[nH]4)C=C3)C(=O)C=CC1=O. The van der Waals surface area contributed by atoms with Crippen molar-refractivity contribution < 1.29 is 14.3 Å². The summed E-state index contributed by atoms with van der Waals surface area (Å²) >= 11 is 0. The Kier molecular flexibility index (Phi) is 7.14. The van der Waals surface area contributed by atoms with Gasteiger partial charge in [0.15, 0.2) is 11.5 Å². The molecule has 7 heteroatoms. The van der Waals surface area contributed by atoms with Crippen molar-refractivity contribution >= 4 is 63.5 Å². The maximum absolute atomic E-state index is 13.8. The topological polar surface area (TPSA) is 101 Å². The number of benzene rings is 2. The Morgan fingerprint density at radius 1 is 0.542 bits per heavy atom. The Morgan fingerprint density at radius 3 is 1.48 bits per heavy atom. The van der Waals surface area contributed by atoms with Gasteiger partial charge in [-0.25, -0.2) is 9.97 Å². The molecule has 2 aromatic carbocycles. The molecule has 0 unspecified atom stereocenters. The largest absolute Gasteiger partial charge is 0.486 e. The highest BCUT2D eigenvalue weighted by molar-refractivity contribution is 6.36. The van der Waals surface area contributed by atoms with E-state index in [-0.39, 0.29) is 29.0 Å². The van der Waals surface area contributed by atoms with Crippen molar-refractivity contribution in [1.29, 1.82) is 0 Å². The van der Waals surface area contributed by atoms with E-state index in [4.69, 9.17) is 14.7 Å². The predicted octanol–water partition coefficient (Wildman–Crippen LogP) is 8.83. The monoisotopic (exact) mass is 626 g/mol. The number of ether oxygens (including phenoxy) is 1. The number of H-pyrrole nitrogens is 2. The lowest BCUT2D eigenvalue weighted by Gasteiger charge is -2.19. The first-order valence-corrected chi connectivity index (χ1v) is 15.8. The van der Waals surface area contributed by atoms with Gasteiger partial charge in [0.2, 0.25) is 5.78 Å². The molecule has 2 N–H and O–H groups in total. The molecule has 232 valence electrons. The maximum Gasteiger partial charge on any atom is 0.221 e. The molecule has 3 aliphatic rings. The number of rotatable bonds is 5. The molecule has 2 aliphatic heterocycles. The average Bonchev–Trinajstić information content (AvgIpc) is 3.92. The smallest absolute Gasteiger partial charge is 0.221 e. The van der Waals surface area contributed by atoms with Gasteiger partial charge in [0.1, 0.15) is 0 Å². The molecule has 48 heavy (non-hydrogen) atoms. The standard InChI is InChI=1S/C41H30N4O3/c1-24(2)48-41-36(47)22-21-35(46)40(41)39-33-19-17-31(44-33)37(25-9-5-3-6-10-25)29-15-13-27(42-29)23-28-14-16-30(43-28)38(26-11-7-4-8-12-26)32-18-20-34(39)45-32/h3-24,42-43H,1-2H3. The summed E-state index contributed by atoms with van der Waals surface area (Å²) in [4.78, 5) is 44.6. The molecule has 8 bridgehead atoms. The molecule has 3 aromatic heterocycles. The van der Waals surface area contributed by atoms with E-state index >= 15 is 0 Å². The van der Waals surface area contributed by atoms with Gasteiger partial charge in [-0.3, -0.25) is 9.59 Å². The lowest BCUT2D eigenvalue weighted by atomic mass is 9.92. The molecule has 0 atom stereocenters. The lowest BCUT2D eigenvalue weighted by Crippen LogP contribution is -2.19. The maximum atomic E-state index is 13.8. The minimum Gasteiger partial charge on any atom is -0.486 e. The second-order valence-electron chi connectivity index (χ2n) is 12.0. The van der Waals surface area contributed by atoms with Gasteiger partial charge in [-0.15, -0.1) is 0 Å². The van der Waals surface area contributed by atoms with Gasteiger partial charge >= 0.3 is 0 Å². The third kappa shape index (κ3) is 5.21. The average molecular weight is 627 g/mol. The van der Waals surface area contributed by atoms with E-state index < -0.39 is 0 Å². The van der Waals surface area contributed by atoms with E-state index in [1.807, 2.05) is 123 Å². The highest BCUT2D eigenvalue weighted by Crippen LogP contribution is 2.37. The van der Waals surface area contributed by atoms with E-state index in [0.717, 1.165) is 44.3 Å². The van der Waals surface area contributed by atoms with E-state index in [1.165, 1.54) is 12.2 Å². The summed E-state index contributed by atoms with van der Waals surface area (Å²) in [6, 6.07) is 30.4. The van der Waals surface area contributed by atoms with Crippen LogP contribution in [0.4, 0.5) is 0 Å². The number of carbonyl (C=O) groups is 2. The fourth-order valence-corrected chi connectivity index (χ4v) is 6.35. The van der Waals surface area contributed by atoms with Gasteiger partial charge in [0.25, 0.3) is 0 Å². The third-order valence-electron chi connectivity index (χ3n) is 8.38. The number of ketones is 2. The molecule has 0 spiro atoms. The number of allylic oxidation sites excluding steroid dienone is 3. The molecule has 1 aliphatic carbocycles. The number of nitrogens with one attached hydrogen (secondary N) is 2. The van der Waals surface area contributed by atoms with Crippen LogP contribution in [0.25, 0.3) is 74.2 Å². The Hall–Kier alpha value is -6.34. The van der Waals surface area contributed by atoms with Gasteiger partial charge in [-0.05, 0) is 91.8 Å². The molecule has 7 nitrogen and oxygen atoms in total. The quantitative estimate of drug-likeness (QED) is 0.186. The number of aromatic nitrogens is 4. The summed E-state index contributed by atoms with van der Waals surface area (Å²) in [5.41, 5.74) is 10.4. The third-order valence-corrected chi connectivity index (χ3v) is 8.38. The zero-order chi connectivity index (χ0) is 32.8. The minimum atomic E-state index is -0.376. The minimum absolute atomic E-state index is 0.00548. The summed E-state index contributed by atoms with van der Waals surface area (Å²) in [5.74, 6) is -0.727. The van der Waals surface area contributed by atoms with E-state index in [1.54, 1.807) is 0 Å². The van der Waals surface area contributed by atoms with Crippen LogP contribution in [0.15, 0.2) is 109 Å². The van der Waals surface area contributed by atoms with Crippen LogP contribution < -0.4 is 0 Å². The molecule has 8 rings (SSSR count). The van der Waals surface area contributed by atoms with Crippen molar-refractivity contribution in [3.63, 3.8) is 0 Å². The molecular weight excluding hydrogens is 596 g/mol. The van der Waals surface area contributed by atoms with Crippen LogP contribution in [0.1, 0.15) is 42.2 Å². The van der Waals surface area contributed by atoms with E-state index in [2.05, 4.69) is 16.0 Å². The van der Waals surface area contributed by atoms with Crippen molar-refractivity contribution in [2.75, 3.05) is 0 Å². The number of aromatic amines is 2.